The lowest BCUT2D eigenvalue weighted by Crippen LogP contribution is -2.11. The van der Waals surface area contributed by atoms with E-state index in [-0.39, 0.29) is 6.61 Å². The van der Waals surface area contributed by atoms with Crippen LogP contribution in [0.3, 0.4) is 0 Å². The Morgan fingerprint density at radius 3 is 2.68 bits per heavy atom. The average Bonchev–Trinajstić information content (AvgIpc) is 3.11. The molecule has 2 aromatic carbocycles. The van der Waals surface area contributed by atoms with E-state index in [4.69, 9.17) is 9.15 Å². The Morgan fingerprint density at radius 2 is 1.96 bits per heavy atom. The highest BCUT2D eigenvalue weighted by atomic mass is 16.5. The van der Waals surface area contributed by atoms with E-state index in [1.165, 1.54) is 7.11 Å². The summed E-state index contributed by atoms with van der Waals surface area (Å²) in [5.41, 5.74) is 2.36. The normalized spacial score (nSPS) is 10.3. The molecule has 0 spiro atoms. The summed E-state index contributed by atoms with van der Waals surface area (Å²) in [6.45, 7) is 2.02. The molecule has 0 atom stereocenters. The third-order valence-electron chi connectivity index (χ3n) is 3.47. The fourth-order valence-electron chi connectivity index (χ4n) is 2.18. The Hall–Kier alpha value is -3.35. The number of nitrogens with zero attached hydrogens (tertiary/aromatic N) is 2. The number of methoxy groups -OCH3 is 1. The molecule has 0 saturated heterocycles. The zero-order valence-corrected chi connectivity index (χ0v) is 13.9. The van der Waals surface area contributed by atoms with Crippen LogP contribution in [0.5, 0.6) is 5.75 Å². The molecule has 0 fully saturated rings. The summed E-state index contributed by atoms with van der Waals surface area (Å²) in [7, 11) is 1.32. The van der Waals surface area contributed by atoms with Crippen LogP contribution in [0.15, 0.2) is 52.9 Å². The first kappa shape index (κ1) is 16.5. The largest absolute Gasteiger partial charge is 0.484 e. The van der Waals surface area contributed by atoms with Crippen LogP contribution in [0, 0.1) is 6.92 Å². The fraction of sp³-hybridized carbons (Fsp3) is 0.167. The lowest BCUT2D eigenvalue weighted by molar-refractivity contribution is 0.187. The lowest BCUT2D eigenvalue weighted by Gasteiger charge is -2.09. The molecule has 1 N–H and O–H groups in total. The van der Waals surface area contributed by atoms with Gasteiger partial charge in [0.05, 0.1) is 7.11 Å². The second-order valence-corrected chi connectivity index (χ2v) is 5.25. The molecule has 1 amide bonds. The van der Waals surface area contributed by atoms with Crippen LogP contribution in [0.4, 0.5) is 10.5 Å². The molecule has 0 bridgehead atoms. The molecule has 1 aromatic heterocycles. The molecular formula is C18H17N3O4. The Balaban J connectivity index is 1.63. The third kappa shape index (κ3) is 4.14. The second kappa shape index (κ2) is 7.48. The molecule has 128 valence electrons. The summed E-state index contributed by atoms with van der Waals surface area (Å²) in [4.78, 5) is 11.3. The number of benzene rings is 2. The van der Waals surface area contributed by atoms with Gasteiger partial charge < -0.3 is 13.9 Å². The molecule has 0 unspecified atom stereocenters. The predicted octanol–water partition coefficient (Wildman–Crippen LogP) is 3.80. The minimum atomic E-state index is -0.518. The monoisotopic (exact) mass is 339 g/mol. The van der Waals surface area contributed by atoms with Gasteiger partial charge in [-0.3, -0.25) is 5.32 Å². The quantitative estimate of drug-likeness (QED) is 0.761. The molecular weight excluding hydrogens is 322 g/mol. The van der Waals surface area contributed by atoms with Crippen molar-refractivity contribution < 1.29 is 18.7 Å². The van der Waals surface area contributed by atoms with Gasteiger partial charge in [-0.05, 0) is 42.8 Å². The maximum Gasteiger partial charge on any atom is 0.411 e. The van der Waals surface area contributed by atoms with Gasteiger partial charge in [0.1, 0.15) is 5.75 Å². The number of amides is 1. The van der Waals surface area contributed by atoms with Crippen LogP contribution in [0.25, 0.3) is 11.5 Å². The van der Waals surface area contributed by atoms with Gasteiger partial charge in [0.15, 0.2) is 6.61 Å². The van der Waals surface area contributed by atoms with Crippen LogP contribution < -0.4 is 10.1 Å². The number of anilines is 1. The number of rotatable bonds is 5. The summed E-state index contributed by atoms with van der Waals surface area (Å²) >= 11 is 0. The van der Waals surface area contributed by atoms with Gasteiger partial charge in [-0.25, -0.2) is 4.79 Å². The van der Waals surface area contributed by atoms with Crippen molar-refractivity contribution in [2.75, 3.05) is 12.4 Å². The molecule has 0 aliphatic rings. The van der Waals surface area contributed by atoms with Gasteiger partial charge in [0.25, 0.3) is 5.89 Å². The number of hydrogen-bond donors (Lipinski definition) is 1. The van der Waals surface area contributed by atoms with Gasteiger partial charge in [0.2, 0.25) is 5.89 Å². The lowest BCUT2D eigenvalue weighted by atomic mass is 10.2. The van der Waals surface area contributed by atoms with E-state index in [2.05, 4.69) is 20.3 Å². The molecule has 0 aliphatic heterocycles. The van der Waals surface area contributed by atoms with E-state index in [0.29, 0.717) is 23.2 Å². The van der Waals surface area contributed by atoms with Crippen molar-refractivity contribution in [2.24, 2.45) is 0 Å². The Labute approximate surface area is 144 Å². The number of hydrogen-bond acceptors (Lipinski definition) is 6. The van der Waals surface area contributed by atoms with E-state index in [1.54, 1.807) is 18.2 Å². The number of nitrogens with one attached hydrogen (secondary N) is 1. The highest BCUT2D eigenvalue weighted by molar-refractivity contribution is 5.85. The molecule has 3 rings (SSSR count). The first-order valence-corrected chi connectivity index (χ1v) is 7.62. The molecule has 0 radical (unpaired) electrons. The van der Waals surface area contributed by atoms with E-state index >= 15 is 0 Å². The summed E-state index contributed by atoms with van der Waals surface area (Å²) in [6, 6.07) is 14.8. The van der Waals surface area contributed by atoms with Gasteiger partial charge in [-0.2, -0.15) is 0 Å². The Kier molecular flexibility index (Phi) is 4.94. The standard InChI is InChI=1S/C18H17N3O4/c1-12-10-14(8-9-15(12)19-18(22)23-2)24-11-16-20-21-17(25-16)13-6-4-3-5-7-13/h3-10H,11H2,1-2H3,(H,19,22). The van der Waals surface area contributed by atoms with E-state index in [9.17, 15) is 4.79 Å². The fourth-order valence-corrected chi connectivity index (χ4v) is 2.18. The molecule has 7 nitrogen and oxygen atoms in total. The smallest absolute Gasteiger partial charge is 0.411 e. The Bertz CT molecular complexity index is 862. The zero-order valence-electron chi connectivity index (χ0n) is 13.9. The van der Waals surface area contributed by atoms with E-state index < -0.39 is 6.09 Å². The zero-order chi connectivity index (χ0) is 17.6. The van der Waals surface area contributed by atoms with Crippen LogP contribution in [0.2, 0.25) is 0 Å². The number of carbonyl (C=O) groups excluding carboxylic acids is 1. The van der Waals surface area contributed by atoms with Crippen molar-refractivity contribution in [1.29, 1.82) is 0 Å². The first-order chi connectivity index (χ1) is 12.2. The van der Waals surface area contributed by atoms with Crippen molar-refractivity contribution in [2.45, 2.75) is 13.5 Å². The van der Waals surface area contributed by atoms with Crippen LogP contribution in [0.1, 0.15) is 11.5 Å². The minimum Gasteiger partial charge on any atom is -0.484 e. The van der Waals surface area contributed by atoms with Crippen molar-refractivity contribution in [3.05, 3.63) is 60.0 Å². The molecule has 7 heteroatoms. The number of aromatic nitrogens is 2. The average molecular weight is 339 g/mol. The maximum atomic E-state index is 11.3. The maximum absolute atomic E-state index is 11.3. The predicted molar refractivity (Wildman–Crippen MR) is 91.3 cm³/mol. The Morgan fingerprint density at radius 1 is 1.16 bits per heavy atom. The van der Waals surface area contributed by atoms with Gasteiger partial charge >= 0.3 is 6.09 Å². The van der Waals surface area contributed by atoms with Crippen molar-refractivity contribution >= 4 is 11.8 Å². The summed E-state index contributed by atoms with van der Waals surface area (Å²) in [6.07, 6.45) is -0.518. The molecule has 0 saturated carbocycles. The van der Waals surface area contributed by atoms with Crippen LogP contribution >= 0.6 is 0 Å². The second-order valence-electron chi connectivity index (χ2n) is 5.25. The van der Waals surface area contributed by atoms with Gasteiger partial charge in [0, 0.05) is 11.3 Å². The van der Waals surface area contributed by atoms with E-state index in [0.717, 1.165) is 11.1 Å². The number of carbonyl (C=O) groups is 1. The third-order valence-corrected chi connectivity index (χ3v) is 3.47. The van der Waals surface area contributed by atoms with Crippen molar-refractivity contribution in [3.63, 3.8) is 0 Å². The van der Waals surface area contributed by atoms with Crippen molar-refractivity contribution in [1.82, 2.24) is 10.2 Å². The van der Waals surface area contributed by atoms with Crippen LogP contribution in [-0.4, -0.2) is 23.4 Å². The summed E-state index contributed by atoms with van der Waals surface area (Å²) in [5.74, 6) is 1.47. The molecule has 25 heavy (non-hydrogen) atoms. The van der Waals surface area contributed by atoms with E-state index in [1.807, 2.05) is 37.3 Å². The first-order valence-electron chi connectivity index (χ1n) is 7.62. The number of ether oxygens (including phenoxy) is 2. The molecule has 3 aromatic rings. The minimum absolute atomic E-state index is 0.156. The SMILES string of the molecule is COC(=O)Nc1ccc(OCc2nnc(-c3ccccc3)o2)cc1C. The summed E-state index contributed by atoms with van der Waals surface area (Å²) < 4.78 is 15.8. The number of aryl methyl sites for hydroxylation is 1. The van der Waals surface area contributed by atoms with Crippen LogP contribution in [-0.2, 0) is 11.3 Å². The van der Waals surface area contributed by atoms with Gasteiger partial charge in [-0.15, -0.1) is 10.2 Å². The van der Waals surface area contributed by atoms with Gasteiger partial charge in [-0.1, -0.05) is 18.2 Å². The topological polar surface area (TPSA) is 86.5 Å². The summed E-state index contributed by atoms with van der Waals surface area (Å²) in [5, 5.41) is 10.6. The molecule has 1 heterocycles. The molecule has 0 aliphatic carbocycles. The van der Waals surface area contributed by atoms with Crippen molar-refractivity contribution in [3.8, 4) is 17.2 Å². The highest BCUT2D eigenvalue weighted by Crippen LogP contribution is 2.23. The highest BCUT2D eigenvalue weighted by Gasteiger charge is 2.10.